The van der Waals surface area contributed by atoms with Crippen molar-refractivity contribution in [1.82, 2.24) is 14.9 Å². The Morgan fingerprint density at radius 2 is 1.79 bits per heavy atom. The van der Waals surface area contributed by atoms with Crippen molar-refractivity contribution >= 4 is 39.8 Å². The Morgan fingerprint density at radius 3 is 2.58 bits per heavy atom. The number of hydrogen-bond acceptors (Lipinski definition) is 6. The first kappa shape index (κ1) is 21.5. The summed E-state index contributed by atoms with van der Waals surface area (Å²) in [6.07, 6.45) is 1.85. The molecular weight excluding hydrogens is 434 g/mol. The van der Waals surface area contributed by atoms with Crippen LogP contribution in [0.15, 0.2) is 66.9 Å². The Bertz CT molecular complexity index is 1290. The predicted molar refractivity (Wildman–Crippen MR) is 136 cm³/mol. The summed E-state index contributed by atoms with van der Waals surface area (Å²) in [4.78, 5) is 14.2. The summed E-state index contributed by atoms with van der Waals surface area (Å²) in [6, 6.07) is 20.3. The number of benzene rings is 3. The number of nitrogens with one attached hydrogen (secondary N) is 1. The molecule has 0 amide bonds. The number of fused-ring (bicyclic) bond motifs is 1. The lowest BCUT2D eigenvalue weighted by molar-refractivity contribution is 0.313. The monoisotopic (exact) mass is 459 g/mol. The zero-order chi connectivity index (χ0) is 22.8. The molecule has 168 valence electrons. The molecule has 1 fully saturated rings. The van der Waals surface area contributed by atoms with E-state index in [-0.39, 0.29) is 0 Å². The van der Waals surface area contributed by atoms with Crippen LogP contribution in [0.3, 0.4) is 0 Å². The van der Waals surface area contributed by atoms with Crippen molar-refractivity contribution in [3.63, 3.8) is 0 Å². The van der Waals surface area contributed by atoms with Crippen LogP contribution in [0.5, 0.6) is 5.75 Å². The molecule has 3 aromatic carbocycles. The van der Waals surface area contributed by atoms with Gasteiger partial charge in [-0.15, -0.1) is 0 Å². The highest BCUT2D eigenvalue weighted by Gasteiger charge is 2.15. The maximum Gasteiger partial charge on any atom is 0.227 e. The van der Waals surface area contributed by atoms with Gasteiger partial charge in [-0.25, -0.2) is 9.97 Å². The average molecular weight is 460 g/mol. The summed E-state index contributed by atoms with van der Waals surface area (Å²) in [6.45, 7) is 4.20. The van der Waals surface area contributed by atoms with Crippen molar-refractivity contribution in [3.05, 3.63) is 71.9 Å². The fourth-order valence-electron chi connectivity index (χ4n) is 4.16. The Hall–Kier alpha value is -3.35. The van der Waals surface area contributed by atoms with Crippen molar-refractivity contribution in [2.24, 2.45) is 0 Å². The minimum Gasteiger partial charge on any atom is -0.495 e. The first-order valence-corrected chi connectivity index (χ1v) is 11.4. The molecule has 0 atom stereocenters. The molecule has 0 unspecified atom stereocenters. The van der Waals surface area contributed by atoms with Gasteiger partial charge in [-0.05, 0) is 42.9 Å². The third kappa shape index (κ3) is 4.58. The van der Waals surface area contributed by atoms with Gasteiger partial charge in [0, 0.05) is 54.7 Å². The number of methoxy groups -OCH3 is 1. The van der Waals surface area contributed by atoms with E-state index in [0.717, 1.165) is 53.9 Å². The van der Waals surface area contributed by atoms with E-state index < -0.39 is 0 Å². The van der Waals surface area contributed by atoms with E-state index >= 15 is 0 Å². The maximum atomic E-state index is 6.38. The molecule has 7 heteroatoms. The zero-order valence-electron chi connectivity index (χ0n) is 18.8. The second-order valence-electron chi connectivity index (χ2n) is 8.25. The fraction of sp³-hybridized carbons (Fsp3) is 0.231. The molecule has 1 aliphatic heterocycles. The number of nitrogens with zero attached hydrogens (tertiary/aromatic N) is 4. The van der Waals surface area contributed by atoms with Crippen LogP contribution < -0.4 is 15.0 Å². The Balaban J connectivity index is 1.45. The van der Waals surface area contributed by atoms with Gasteiger partial charge >= 0.3 is 0 Å². The predicted octanol–water partition coefficient (Wildman–Crippen LogP) is 5.45. The Labute approximate surface area is 198 Å². The number of para-hydroxylation sites is 1. The number of rotatable bonds is 5. The van der Waals surface area contributed by atoms with E-state index in [1.807, 2.05) is 48.7 Å². The molecule has 1 aliphatic rings. The normalized spacial score (nSPS) is 14.5. The van der Waals surface area contributed by atoms with Crippen LogP contribution in [0.4, 0.5) is 17.3 Å². The molecule has 0 saturated carbocycles. The molecule has 33 heavy (non-hydrogen) atoms. The molecule has 1 aromatic heterocycles. The van der Waals surface area contributed by atoms with Gasteiger partial charge in [-0.3, -0.25) is 0 Å². The first-order valence-electron chi connectivity index (χ1n) is 11.0. The molecule has 0 spiro atoms. The lowest BCUT2D eigenvalue weighted by Gasteiger charge is -2.34. The Kier molecular flexibility index (Phi) is 6.03. The topological polar surface area (TPSA) is 53.5 Å². The lowest BCUT2D eigenvalue weighted by Crippen LogP contribution is -2.44. The molecule has 6 nitrogen and oxygen atoms in total. The van der Waals surface area contributed by atoms with Crippen molar-refractivity contribution in [2.75, 3.05) is 50.6 Å². The molecule has 5 rings (SSSR count). The minimum atomic E-state index is 0.560. The zero-order valence-corrected chi connectivity index (χ0v) is 19.5. The molecule has 2 heterocycles. The molecule has 1 saturated heterocycles. The van der Waals surface area contributed by atoms with E-state index in [9.17, 15) is 0 Å². The highest BCUT2D eigenvalue weighted by molar-refractivity contribution is 6.32. The van der Waals surface area contributed by atoms with Crippen LogP contribution in [0, 0.1) is 0 Å². The van der Waals surface area contributed by atoms with Gasteiger partial charge in [0.2, 0.25) is 5.95 Å². The van der Waals surface area contributed by atoms with Gasteiger partial charge in [0.15, 0.2) is 0 Å². The van der Waals surface area contributed by atoms with Gasteiger partial charge in [0.1, 0.15) is 5.75 Å². The van der Waals surface area contributed by atoms with Crippen LogP contribution in [-0.2, 0) is 0 Å². The van der Waals surface area contributed by atoms with Crippen LogP contribution in [0.2, 0.25) is 5.02 Å². The van der Waals surface area contributed by atoms with E-state index in [4.69, 9.17) is 21.3 Å². The van der Waals surface area contributed by atoms with Crippen molar-refractivity contribution in [3.8, 4) is 16.9 Å². The van der Waals surface area contributed by atoms with Gasteiger partial charge < -0.3 is 19.9 Å². The second kappa shape index (κ2) is 9.25. The molecule has 0 bridgehead atoms. The molecule has 0 radical (unpaired) electrons. The Morgan fingerprint density at radius 1 is 0.970 bits per heavy atom. The summed E-state index contributed by atoms with van der Waals surface area (Å²) in [7, 11) is 3.78. The smallest absolute Gasteiger partial charge is 0.227 e. The number of hydrogen-bond donors (Lipinski definition) is 1. The number of piperazine rings is 1. The van der Waals surface area contributed by atoms with E-state index in [2.05, 4.69) is 45.3 Å². The van der Waals surface area contributed by atoms with Crippen LogP contribution in [0.25, 0.3) is 22.0 Å². The minimum absolute atomic E-state index is 0.560. The first-order chi connectivity index (χ1) is 16.1. The largest absolute Gasteiger partial charge is 0.495 e. The van der Waals surface area contributed by atoms with Crippen LogP contribution >= 0.6 is 11.6 Å². The molecule has 4 aromatic rings. The third-order valence-electron chi connectivity index (χ3n) is 6.04. The number of likely N-dealkylation sites (N-methyl/N-ethyl adjacent to an activating group) is 1. The highest BCUT2D eigenvalue weighted by Crippen LogP contribution is 2.33. The number of halogens is 1. The SMILES string of the molecule is COc1ccc(-c2cccc3cnc(Nc4cccc(N5CCN(C)CC5)c4)nc23)cc1Cl. The summed E-state index contributed by atoms with van der Waals surface area (Å²) in [5.74, 6) is 1.21. The van der Waals surface area contributed by atoms with Crippen molar-refractivity contribution in [2.45, 2.75) is 0 Å². The molecular formula is C26H26ClN5O. The fourth-order valence-corrected chi connectivity index (χ4v) is 4.41. The van der Waals surface area contributed by atoms with Crippen molar-refractivity contribution in [1.29, 1.82) is 0 Å². The maximum absolute atomic E-state index is 6.38. The quantitative estimate of drug-likeness (QED) is 0.428. The van der Waals surface area contributed by atoms with Crippen LogP contribution in [0.1, 0.15) is 0 Å². The van der Waals surface area contributed by atoms with Gasteiger partial charge in [0.05, 0.1) is 17.6 Å². The van der Waals surface area contributed by atoms with E-state index in [1.165, 1.54) is 5.69 Å². The summed E-state index contributed by atoms with van der Waals surface area (Å²) in [5.41, 5.74) is 5.02. The lowest BCUT2D eigenvalue weighted by atomic mass is 10.0. The summed E-state index contributed by atoms with van der Waals surface area (Å²) in [5, 5.41) is 4.93. The molecule has 1 N–H and O–H groups in total. The number of anilines is 3. The highest BCUT2D eigenvalue weighted by atomic mass is 35.5. The van der Waals surface area contributed by atoms with Crippen molar-refractivity contribution < 1.29 is 4.74 Å². The van der Waals surface area contributed by atoms with Gasteiger partial charge in [-0.2, -0.15) is 0 Å². The van der Waals surface area contributed by atoms with Gasteiger partial charge in [0.25, 0.3) is 0 Å². The summed E-state index contributed by atoms with van der Waals surface area (Å²) < 4.78 is 5.29. The van der Waals surface area contributed by atoms with E-state index in [0.29, 0.717) is 16.7 Å². The number of aromatic nitrogens is 2. The van der Waals surface area contributed by atoms with Gasteiger partial charge in [-0.1, -0.05) is 41.9 Å². The van der Waals surface area contributed by atoms with Crippen LogP contribution in [-0.4, -0.2) is 55.2 Å². The summed E-state index contributed by atoms with van der Waals surface area (Å²) >= 11 is 6.38. The third-order valence-corrected chi connectivity index (χ3v) is 6.34. The number of ether oxygens (including phenoxy) is 1. The second-order valence-corrected chi connectivity index (χ2v) is 8.66. The van der Waals surface area contributed by atoms with E-state index in [1.54, 1.807) is 7.11 Å². The molecule has 0 aliphatic carbocycles. The average Bonchev–Trinajstić information content (AvgIpc) is 2.84. The standard InChI is InChI=1S/C26H26ClN5O/c1-31-11-13-32(14-12-31)21-7-4-6-20(16-21)29-26-28-17-19-5-3-8-22(25(19)30-26)18-9-10-24(33-2)23(27)15-18/h3-10,15-17H,11-14H2,1-2H3,(H,28,29,30).